The zero-order valence-electron chi connectivity index (χ0n) is 11.7. The van der Waals surface area contributed by atoms with Crippen LogP contribution >= 0.6 is 0 Å². The number of anilines is 1. The van der Waals surface area contributed by atoms with Crippen molar-refractivity contribution in [1.29, 1.82) is 0 Å². The normalized spacial score (nSPS) is 11.4. The molecule has 114 valence electrons. The van der Waals surface area contributed by atoms with E-state index in [0.29, 0.717) is 0 Å². The van der Waals surface area contributed by atoms with Crippen molar-refractivity contribution in [1.82, 2.24) is 0 Å². The van der Waals surface area contributed by atoms with E-state index in [4.69, 9.17) is 9.84 Å². The molecule has 2 N–H and O–H groups in total. The number of amides is 1. The second kappa shape index (κ2) is 6.83. The van der Waals surface area contributed by atoms with E-state index in [2.05, 4.69) is 5.32 Å². The predicted octanol–water partition coefficient (Wildman–Crippen LogP) is 3.41. The molecular formula is C14H15F2NO4. The van der Waals surface area contributed by atoms with E-state index in [1.54, 1.807) is 13.8 Å². The maximum Gasteiger partial charge on any atom is 0.411 e. The first-order chi connectivity index (χ1) is 9.70. The first-order valence-corrected chi connectivity index (χ1v) is 6.09. The Hall–Kier alpha value is -2.44. The summed E-state index contributed by atoms with van der Waals surface area (Å²) in [7, 11) is 0. The number of carbonyl (C=O) groups is 2. The van der Waals surface area contributed by atoms with Gasteiger partial charge in [-0.2, -0.15) is 0 Å². The fourth-order valence-electron chi connectivity index (χ4n) is 1.43. The molecule has 1 amide bonds. The van der Waals surface area contributed by atoms with Crippen LogP contribution in [0.4, 0.5) is 19.3 Å². The number of hydrogen-bond donors (Lipinski definition) is 2. The van der Waals surface area contributed by atoms with Crippen LogP contribution in [0.2, 0.25) is 0 Å². The molecule has 7 heteroatoms. The summed E-state index contributed by atoms with van der Waals surface area (Å²) in [5.41, 5.74) is -0.828. The Morgan fingerprint density at radius 1 is 1.29 bits per heavy atom. The van der Waals surface area contributed by atoms with Gasteiger partial charge in [0.1, 0.15) is 11.6 Å². The van der Waals surface area contributed by atoms with Crippen molar-refractivity contribution in [2.45, 2.75) is 26.9 Å². The second-order valence-electron chi connectivity index (χ2n) is 4.57. The molecule has 0 fully saturated rings. The Balaban J connectivity index is 3.03. The summed E-state index contributed by atoms with van der Waals surface area (Å²) in [4.78, 5) is 22.0. The molecule has 0 heterocycles. The number of benzene rings is 1. The third-order valence-corrected chi connectivity index (χ3v) is 2.37. The lowest BCUT2D eigenvalue weighted by atomic mass is 10.1. The average Bonchev–Trinajstić information content (AvgIpc) is 2.32. The molecule has 1 rings (SSSR count). The minimum atomic E-state index is -1.28. The second-order valence-corrected chi connectivity index (χ2v) is 4.57. The van der Waals surface area contributed by atoms with Gasteiger partial charge in [0.25, 0.3) is 0 Å². The van der Waals surface area contributed by atoms with Crippen molar-refractivity contribution in [2.75, 3.05) is 5.32 Å². The van der Waals surface area contributed by atoms with Gasteiger partial charge in [-0.05, 0) is 39.0 Å². The summed E-state index contributed by atoms with van der Waals surface area (Å²) >= 11 is 0. The topological polar surface area (TPSA) is 75.6 Å². The van der Waals surface area contributed by atoms with Crippen LogP contribution in [0.1, 0.15) is 26.3 Å². The third kappa shape index (κ3) is 4.87. The van der Waals surface area contributed by atoms with Crippen molar-refractivity contribution >= 4 is 23.8 Å². The van der Waals surface area contributed by atoms with Gasteiger partial charge in [-0.25, -0.2) is 18.4 Å². The number of aliphatic carboxylic acids is 1. The lowest BCUT2D eigenvalue weighted by Crippen LogP contribution is -2.18. The highest BCUT2D eigenvalue weighted by molar-refractivity contribution is 5.91. The molecule has 0 saturated heterocycles. The Bertz CT molecular complexity index is 574. The quantitative estimate of drug-likeness (QED) is 0.835. The fourth-order valence-corrected chi connectivity index (χ4v) is 1.43. The number of ether oxygens (including phenoxy) is 1. The maximum atomic E-state index is 13.8. The van der Waals surface area contributed by atoms with Crippen LogP contribution < -0.4 is 5.32 Å². The number of rotatable bonds is 4. The van der Waals surface area contributed by atoms with Gasteiger partial charge in [-0.15, -0.1) is 0 Å². The summed E-state index contributed by atoms with van der Waals surface area (Å²) in [6.07, 6.45) is -0.336. The molecule has 5 nitrogen and oxygen atoms in total. The summed E-state index contributed by atoms with van der Waals surface area (Å²) in [6, 6.07) is 1.76. The SMILES string of the molecule is C/C(=C\c1c(F)cc(NC(=O)OC(C)C)cc1F)C(=O)O. The summed E-state index contributed by atoms with van der Waals surface area (Å²) in [6.45, 7) is 4.47. The van der Waals surface area contributed by atoms with Crippen LogP contribution in [-0.2, 0) is 9.53 Å². The summed E-state index contributed by atoms with van der Waals surface area (Å²) < 4.78 is 32.3. The van der Waals surface area contributed by atoms with Crippen LogP contribution in [0.3, 0.4) is 0 Å². The molecule has 0 radical (unpaired) electrons. The molecule has 0 aliphatic heterocycles. The Kier molecular flexibility index (Phi) is 5.40. The molecule has 0 bridgehead atoms. The standard InChI is InChI=1S/C14H15F2NO4/c1-7(2)21-14(20)17-9-5-11(15)10(12(16)6-9)4-8(3)13(18)19/h4-7H,1-3H3,(H,17,20)(H,18,19)/b8-4+. The number of carbonyl (C=O) groups excluding carboxylic acids is 1. The lowest BCUT2D eigenvalue weighted by Gasteiger charge is -2.10. The van der Waals surface area contributed by atoms with Gasteiger partial charge in [0.2, 0.25) is 0 Å². The van der Waals surface area contributed by atoms with Crippen LogP contribution in [0.5, 0.6) is 0 Å². The number of halogens is 2. The van der Waals surface area contributed by atoms with E-state index >= 15 is 0 Å². The Morgan fingerprint density at radius 3 is 2.24 bits per heavy atom. The molecule has 0 aliphatic rings. The zero-order valence-corrected chi connectivity index (χ0v) is 11.7. The first kappa shape index (κ1) is 16.6. The molecular weight excluding hydrogens is 284 g/mol. The minimum Gasteiger partial charge on any atom is -0.478 e. The van der Waals surface area contributed by atoms with E-state index in [-0.39, 0.29) is 17.4 Å². The third-order valence-electron chi connectivity index (χ3n) is 2.37. The summed E-state index contributed by atoms with van der Waals surface area (Å²) in [5, 5.41) is 10.9. The van der Waals surface area contributed by atoms with Crippen molar-refractivity contribution in [3.63, 3.8) is 0 Å². The van der Waals surface area contributed by atoms with Gasteiger partial charge in [0.05, 0.1) is 6.10 Å². The predicted molar refractivity (Wildman–Crippen MR) is 72.9 cm³/mol. The lowest BCUT2D eigenvalue weighted by molar-refractivity contribution is -0.132. The van der Waals surface area contributed by atoms with Crippen molar-refractivity contribution in [3.8, 4) is 0 Å². The molecule has 0 aliphatic carbocycles. The van der Waals surface area contributed by atoms with Gasteiger partial charge in [-0.1, -0.05) is 0 Å². The van der Waals surface area contributed by atoms with E-state index in [9.17, 15) is 18.4 Å². The minimum absolute atomic E-state index is 0.124. The van der Waals surface area contributed by atoms with Gasteiger partial charge < -0.3 is 9.84 Å². The molecule has 0 atom stereocenters. The van der Waals surface area contributed by atoms with Crippen molar-refractivity contribution < 1.29 is 28.2 Å². The zero-order chi connectivity index (χ0) is 16.2. The highest BCUT2D eigenvalue weighted by atomic mass is 19.1. The molecule has 0 unspecified atom stereocenters. The van der Waals surface area contributed by atoms with E-state index in [0.717, 1.165) is 18.2 Å². The van der Waals surface area contributed by atoms with Crippen molar-refractivity contribution in [2.24, 2.45) is 0 Å². The smallest absolute Gasteiger partial charge is 0.411 e. The van der Waals surface area contributed by atoms with E-state index in [1.165, 1.54) is 6.92 Å². The molecule has 21 heavy (non-hydrogen) atoms. The van der Waals surface area contributed by atoms with Crippen LogP contribution in [-0.4, -0.2) is 23.3 Å². The molecule has 1 aromatic rings. The van der Waals surface area contributed by atoms with E-state index < -0.39 is 29.3 Å². The van der Waals surface area contributed by atoms with Crippen LogP contribution in [0, 0.1) is 11.6 Å². The number of hydrogen-bond acceptors (Lipinski definition) is 3. The van der Waals surface area contributed by atoms with Gasteiger partial charge in [0, 0.05) is 16.8 Å². The average molecular weight is 299 g/mol. The molecule has 0 saturated carbocycles. The Labute approximate surface area is 120 Å². The van der Waals surface area contributed by atoms with Gasteiger partial charge >= 0.3 is 12.1 Å². The van der Waals surface area contributed by atoms with Gasteiger partial charge in [0.15, 0.2) is 0 Å². The van der Waals surface area contributed by atoms with Gasteiger partial charge in [-0.3, -0.25) is 5.32 Å². The number of carboxylic acid groups (broad SMARTS) is 1. The van der Waals surface area contributed by atoms with E-state index in [1.807, 2.05) is 0 Å². The number of nitrogens with one attached hydrogen (secondary N) is 1. The maximum absolute atomic E-state index is 13.8. The molecule has 0 spiro atoms. The summed E-state index contributed by atoms with van der Waals surface area (Å²) in [5.74, 6) is -3.26. The molecule has 1 aromatic carbocycles. The van der Waals surface area contributed by atoms with Crippen molar-refractivity contribution in [3.05, 3.63) is 34.9 Å². The molecule has 0 aromatic heterocycles. The fraction of sp³-hybridized carbons (Fsp3) is 0.286. The number of carboxylic acids is 1. The largest absolute Gasteiger partial charge is 0.478 e. The first-order valence-electron chi connectivity index (χ1n) is 6.09. The van der Waals surface area contributed by atoms with Crippen LogP contribution in [0.25, 0.3) is 6.08 Å². The highest BCUT2D eigenvalue weighted by Gasteiger charge is 2.13. The highest BCUT2D eigenvalue weighted by Crippen LogP contribution is 2.21. The monoisotopic (exact) mass is 299 g/mol. The Morgan fingerprint density at radius 2 is 1.81 bits per heavy atom. The van der Waals surface area contributed by atoms with Crippen LogP contribution in [0.15, 0.2) is 17.7 Å².